The average Bonchev–Trinajstić information content (AvgIpc) is 2.75. The van der Waals surface area contributed by atoms with Gasteiger partial charge in [-0.25, -0.2) is 0 Å². The van der Waals surface area contributed by atoms with Crippen LogP contribution in [0.4, 0.5) is 11.4 Å². The maximum Gasteiger partial charge on any atom is 0.262 e. The zero-order chi connectivity index (χ0) is 20.5. The number of para-hydroxylation sites is 2. The first kappa shape index (κ1) is 19.9. The zero-order valence-corrected chi connectivity index (χ0v) is 16.1. The number of aryl methyl sites for hydroxylation is 1. The second-order valence-electron chi connectivity index (χ2n) is 6.33. The predicted molar refractivity (Wildman–Crippen MR) is 112 cm³/mol. The highest BCUT2D eigenvalue weighted by molar-refractivity contribution is 5.95. The monoisotopic (exact) mass is 390 g/mol. The molecular weight excluding hydrogens is 368 g/mol. The standard InChI is InChI=1S/C23H22N2O4/c1-17-12-13-18(24-22(26)15-28-19-8-4-2-5-9-19)14-21(17)25-23(27)16-29-20-10-6-3-7-11-20/h2-14H,15-16H2,1H3,(H,24,26)(H,25,27). The molecule has 3 rings (SSSR count). The van der Waals surface area contributed by atoms with Gasteiger partial charge in [-0.15, -0.1) is 0 Å². The van der Waals surface area contributed by atoms with Crippen molar-refractivity contribution in [3.63, 3.8) is 0 Å². The molecule has 3 aromatic carbocycles. The molecule has 0 radical (unpaired) electrons. The van der Waals surface area contributed by atoms with Crippen molar-refractivity contribution in [3.8, 4) is 11.5 Å². The molecule has 2 amide bonds. The minimum Gasteiger partial charge on any atom is -0.484 e. The number of nitrogens with one attached hydrogen (secondary N) is 2. The molecule has 0 spiro atoms. The average molecular weight is 390 g/mol. The maximum absolute atomic E-state index is 12.2. The fourth-order valence-corrected chi connectivity index (χ4v) is 2.55. The van der Waals surface area contributed by atoms with E-state index in [0.29, 0.717) is 22.9 Å². The number of benzene rings is 3. The van der Waals surface area contributed by atoms with Crippen LogP contribution < -0.4 is 20.1 Å². The molecule has 0 aliphatic carbocycles. The van der Waals surface area contributed by atoms with Gasteiger partial charge in [0.2, 0.25) is 0 Å². The van der Waals surface area contributed by atoms with Crippen LogP contribution in [0.15, 0.2) is 78.9 Å². The number of ether oxygens (including phenoxy) is 2. The van der Waals surface area contributed by atoms with Gasteiger partial charge in [-0.1, -0.05) is 42.5 Å². The smallest absolute Gasteiger partial charge is 0.262 e. The van der Waals surface area contributed by atoms with Gasteiger partial charge < -0.3 is 20.1 Å². The van der Waals surface area contributed by atoms with Gasteiger partial charge in [-0.2, -0.15) is 0 Å². The van der Waals surface area contributed by atoms with Crippen LogP contribution in [0.3, 0.4) is 0 Å². The van der Waals surface area contributed by atoms with E-state index in [1.807, 2.05) is 49.4 Å². The van der Waals surface area contributed by atoms with Gasteiger partial charge in [-0.3, -0.25) is 9.59 Å². The number of carbonyl (C=O) groups is 2. The summed E-state index contributed by atoms with van der Waals surface area (Å²) in [7, 11) is 0. The van der Waals surface area contributed by atoms with E-state index < -0.39 is 0 Å². The lowest BCUT2D eigenvalue weighted by Crippen LogP contribution is -2.22. The number of hydrogen-bond donors (Lipinski definition) is 2. The first-order valence-electron chi connectivity index (χ1n) is 9.16. The molecule has 0 saturated heterocycles. The van der Waals surface area contributed by atoms with Crippen molar-refractivity contribution in [3.05, 3.63) is 84.4 Å². The van der Waals surface area contributed by atoms with Gasteiger partial charge >= 0.3 is 0 Å². The summed E-state index contributed by atoms with van der Waals surface area (Å²) in [4.78, 5) is 24.3. The summed E-state index contributed by atoms with van der Waals surface area (Å²) in [6.45, 7) is 1.66. The van der Waals surface area contributed by atoms with Crippen LogP contribution >= 0.6 is 0 Å². The number of rotatable bonds is 8. The molecule has 2 N–H and O–H groups in total. The van der Waals surface area contributed by atoms with Gasteiger partial charge in [0, 0.05) is 11.4 Å². The summed E-state index contributed by atoms with van der Waals surface area (Å²) in [5.74, 6) is 0.673. The first-order chi connectivity index (χ1) is 14.1. The Bertz CT molecular complexity index is 959. The summed E-state index contributed by atoms with van der Waals surface area (Å²) < 4.78 is 10.9. The first-order valence-corrected chi connectivity index (χ1v) is 9.16. The Morgan fingerprint density at radius 3 is 1.79 bits per heavy atom. The fraction of sp³-hybridized carbons (Fsp3) is 0.130. The maximum atomic E-state index is 12.2. The quantitative estimate of drug-likeness (QED) is 0.609. The third-order valence-electron chi connectivity index (χ3n) is 4.02. The van der Waals surface area contributed by atoms with Crippen LogP contribution in [-0.2, 0) is 9.59 Å². The lowest BCUT2D eigenvalue weighted by molar-refractivity contribution is -0.118. The second-order valence-corrected chi connectivity index (χ2v) is 6.33. The summed E-state index contributed by atoms with van der Waals surface area (Å²) >= 11 is 0. The molecule has 0 aliphatic heterocycles. The molecule has 0 fully saturated rings. The number of amides is 2. The van der Waals surface area contributed by atoms with Gasteiger partial charge in [-0.05, 0) is 48.9 Å². The summed E-state index contributed by atoms with van der Waals surface area (Å²) in [5, 5.41) is 5.57. The summed E-state index contributed by atoms with van der Waals surface area (Å²) in [6, 6.07) is 23.5. The van der Waals surface area contributed by atoms with Crippen LogP contribution in [0, 0.1) is 6.92 Å². The van der Waals surface area contributed by atoms with Crippen molar-refractivity contribution in [2.24, 2.45) is 0 Å². The Hall–Kier alpha value is -3.80. The highest BCUT2D eigenvalue weighted by Gasteiger charge is 2.09. The molecule has 0 saturated carbocycles. The van der Waals surface area contributed by atoms with Crippen molar-refractivity contribution < 1.29 is 19.1 Å². The fourth-order valence-electron chi connectivity index (χ4n) is 2.55. The molecule has 0 aliphatic rings. The molecule has 0 aromatic heterocycles. The molecule has 0 bridgehead atoms. The van der Waals surface area contributed by atoms with Gasteiger partial charge in [0.05, 0.1) is 0 Å². The van der Waals surface area contributed by atoms with Crippen LogP contribution in [0.25, 0.3) is 0 Å². The molecule has 29 heavy (non-hydrogen) atoms. The van der Waals surface area contributed by atoms with Crippen molar-refractivity contribution in [2.45, 2.75) is 6.92 Å². The lowest BCUT2D eigenvalue weighted by Gasteiger charge is -2.12. The van der Waals surface area contributed by atoms with Gasteiger partial charge in [0.1, 0.15) is 11.5 Å². The van der Waals surface area contributed by atoms with Crippen LogP contribution in [0.5, 0.6) is 11.5 Å². The summed E-state index contributed by atoms with van der Waals surface area (Å²) in [5.41, 5.74) is 2.04. The van der Waals surface area contributed by atoms with E-state index in [4.69, 9.17) is 9.47 Å². The molecule has 6 heteroatoms. The van der Waals surface area contributed by atoms with E-state index in [1.54, 1.807) is 36.4 Å². The third-order valence-corrected chi connectivity index (χ3v) is 4.02. The van der Waals surface area contributed by atoms with Crippen molar-refractivity contribution in [1.82, 2.24) is 0 Å². The van der Waals surface area contributed by atoms with E-state index in [9.17, 15) is 9.59 Å². The molecule has 148 valence electrons. The van der Waals surface area contributed by atoms with Crippen LogP contribution in [0.2, 0.25) is 0 Å². The minimum absolute atomic E-state index is 0.106. The van der Waals surface area contributed by atoms with Crippen LogP contribution in [0.1, 0.15) is 5.56 Å². The van der Waals surface area contributed by atoms with Gasteiger partial charge in [0.15, 0.2) is 13.2 Å². The van der Waals surface area contributed by atoms with E-state index in [2.05, 4.69) is 10.6 Å². The zero-order valence-electron chi connectivity index (χ0n) is 16.1. The van der Waals surface area contributed by atoms with E-state index in [1.165, 1.54) is 0 Å². The second kappa shape index (κ2) is 9.94. The van der Waals surface area contributed by atoms with Crippen molar-refractivity contribution >= 4 is 23.2 Å². The third kappa shape index (κ3) is 6.39. The van der Waals surface area contributed by atoms with Crippen molar-refractivity contribution in [1.29, 1.82) is 0 Å². The molecule has 6 nitrogen and oxygen atoms in total. The number of hydrogen-bond acceptors (Lipinski definition) is 4. The van der Waals surface area contributed by atoms with Crippen LogP contribution in [-0.4, -0.2) is 25.0 Å². The Labute approximate surface area is 169 Å². The van der Waals surface area contributed by atoms with E-state index in [-0.39, 0.29) is 25.0 Å². The molecule has 0 heterocycles. The Kier molecular flexibility index (Phi) is 6.84. The lowest BCUT2D eigenvalue weighted by atomic mass is 10.1. The molecular formula is C23H22N2O4. The Morgan fingerprint density at radius 2 is 1.24 bits per heavy atom. The summed E-state index contributed by atoms with van der Waals surface area (Å²) in [6.07, 6.45) is 0. The highest BCUT2D eigenvalue weighted by atomic mass is 16.5. The van der Waals surface area contributed by atoms with E-state index in [0.717, 1.165) is 5.56 Å². The predicted octanol–water partition coefficient (Wildman–Crippen LogP) is 4.03. The SMILES string of the molecule is Cc1ccc(NC(=O)COc2ccccc2)cc1NC(=O)COc1ccccc1. The molecule has 0 atom stereocenters. The largest absolute Gasteiger partial charge is 0.484 e. The normalized spacial score (nSPS) is 10.1. The molecule has 0 unspecified atom stereocenters. The minimum atomic E-state index is -0.289. The van der Waals surface area contributed by atoms with E-state index >= 15 is 0 Å². The highest BCUT2D eigenvalue weighted by Crippen LogP contribution is 2.20. The topological polar surface area (TPSA) is 76.7 Å². The Balaban J connectivity index is 1.53. The van der Waals surface area contributed by atoms with Crippen molar-refractivity contribution in [2.75, 3.05) is 23.8 Å². The van der Waals surface area contributed by atoms with Gasteiger partial charge in [0.25, 0.3) is 11.8 Å². The number of carbonyl (C=O) groups excluding carboxylic acids is 2. The Morgan fingerprint density at radius 1 is 0.724 bits per heavy atom. The molecule has 3 aromatic rings. The number of anilines is 2.